The fourth-order valence-corrected chi connectivity index (χ4v) is 3.02. The fourth-order valence-electron chi connectivity index (χ4n) is 3.02. The number of rotatable bonds is 4. The predicted octanol–water partition coefficient (Wildman–Crippen LogP) is 1.24. The van der Waals surface area contributed by atoms with E-state index in [0.29, 0.717) is 18.2 Å². The van der Waals surface area contributed by atoms with Crippen molar-refractivity contribution in [2.24, 2.45) is 0 Å². The van der Waals surface area contributed by atoms with E-state index in [4.69, 9.17) is 4.74 Å². The molecule has 1 heterocycles. The van der Waals surface area contributed by atoms with Gasteiger partial charge in [0.2, 0.25) is 0 Å². The maximum atomic E-state index is 5.83. The summed E-state index contributed by atoms with van der Waals surface area (Å²) in [6.07, 6.45) is 5.76. The summed E-state index contributed by atoms with van der Waals surface area (Å²) in [6.45, 7) is 5.55. The van der Waals surface area contributed by atoms with Crippen molar-refractivity contribution in [3.05, 3.63) is 0 Å². The minimum atomic E-state index is 0.538. The van der Waals surface area contributed by atoms with Gasteiger partial charge in [-0.15, -0.1) is 0 Å². The van der Waals surface area contributed by atoms with Crippen LogP contribution in [-0.2, 0) is 4.74 Å². The lowest BCUT2D eigenvalue weighted by Gasteiger charge is -2.41. The van der Waals surface area contributed by atoms with Crippen LogP contribution in [0.25, 0.3) is 0 Å². The molecule has 0 aromatic heterocycles. The Hall–Kier alpha value is -0.120. The van der Waals surface area contributed by atoms with Crippen molar-refractivity contribution >= 4 is 0 Å². The third-order valence-electron chi connectivity index (χ3n) is 3.90. The van der Waals surface area contributed by atoms with Gasteiger partial charge >= 0.3 is 0 Å². The Bertz CT molecular complexity index is 198. The summed E-state index contributed by atoms with van der Waals surface area (Å²) in [6, 6.07) is 1.41. The van der Waals surface area contributed by atoms with Crippen LogP contribution in [0.2, 0.25) is 0 Å². The molecule has 0 bridgehead atoms. The Morgan fingerprint density at radius 1 is 1.47 bits per heavy atom. The van der Waals surface area contributed by atoms with Gasteiger partial charge in [0.25, 0.3) is 0 Å². The van der Waals surface area contributed by atoms with Crippen LogP contribution in [0, 0.1) is 0 Å². The zero-order valence-electron chi connectivity index (χ0n) is 10.0. The van der Waals surface area contributed by atoms with E-state index in [2.05, 4.69) is 17.1 Å². The highest BCUT2D eigenvalue weighted by atomic mass is 16.5. The summed E-state index contributed by atoms with van der Waals surface area (Å²) in [5.74, 6) is 0. The molecule has 3 unspecified atom stereocenters. The van der Waals surface area contributed by atoms with Gasteiger partial charge in [0.05, 0.1) is 12.7 Å². The second kappa shape index (κ2) is 5.28. The van der Waals surface area contributed by atoms with Crippen LogP contribution < -0.4 is 5.32 Å². The minimum absolute atomic E-state index is 0.538. The topological polar surface area (TPSA) is 24.5 Å². The number of morpholine rings is 1. The SMILES string of the molecule is CNCCC(C)N1CCOC2CCCC21. The number of fused-ring (bicyclic) bond motifs is 1. The normalized spacial score (nSPS) is 34.0. The standard InChI is InChI=1S/C12H24N2O/c1-10(6-7-13-2)14-8-9-15-12-5-3-4-11(12)14/h10-13H,3-9H2,1-2H3. The number of hydrogen-bond acceptors (Lipinski definition) is 3. The van der Waals surface area contributed by atoms with Gasteiger partial charge in [0.15, 0.2) is 0 Å². The van der Waals surface area contributed by atoms with Crippen molar-refractivity contribution in [2.75, 3.05) is 26.7 Å². The molecule has 1 aliphatic heterocycles. The molecule has 88 valence electrons. The molecule has 1 aliphatic carbocycles. The number of ether oxygens (including phenoxy) is 1. The summed E-state index contributed by atoms with van der Waals surface area (Å²) < 4.78 is 5.83. The maximum Gasteiger partial charge on any atom is 0.0731 e. The first-order valence-corrected chi connectivity index (χ1v) is 6.35. The lowest BCUT2D eigenvalue weighted by Crippen LogP contribution is -2.52. The van der Waals surface area contributed by atoms with Crippen molar-refractivity contribution in [3.8, 4) is 0 Å². The number of nitrogens with one attached hydrogen (secondary N) is 1. The van der Waals surface area contributed by atoms with Gasteiger partial charge in [0.1, 0.15) is 0 Å². The van der Waals surface area contributed by atoms with Gasteiger partial charge in [-0.1, -0.05) is 0 Å². The molecule has 2 fully saturated rings. The highest BCUT2D eigenvalue weighted by molar-refractivity contribution is 4.91. The van der Waals surface area contributed by atoms with Gasteiger partial charge < -0.3 is 10.1 Å². The molecular formula is C12H24N2O. The smallest absolute Gasteiger partial charge is 0.0731 e. The molecular weight excluding hydrogens is 188 g/mol. The van der Waals surface area contributed by atoms with Crippen LogP contribution in [0.15, 0.2) is 0 Å². The first-order valence-electron chi connectivity index (χ1n) is 6.35. The van der Waals surface area contributed by atoms with Crippen molar-refractivity contribution in [2.45, 2.75) is 50.8 Å². The third-order valence-corrected chi connectivity index (χ3v) is 3.90. The van der Waals surface area contributed by atoms with Gasteiger partial charge in [0, 0.05) is 18.6 Å². The van der Waals surface area contributed by atoms with Crippen LogP contribution >= 0.6 is 0 Å². The molecule has 15 heavy (non-hydrogen) atoms. The summed E-state index contributed by atoms with van der Waals surface area (Å²) in [5, 5.41) is 3.24. The molecule has 1 saturated heterocycles. The Balaban J connectivity index is 1.89. The van der Waals surface area contributed by atoms with Crippen molar-refractivity contribution < 1.29 is 4.74 Å². The van der Waals surface area contributed by atoms with Crippen molar-refractivity contribution in [3.63, 3.8) is 0 Å². The molecule has 3 heteroatoms. The van der Waals surface area contributed by atoms with Crippen molar-refractivity contribution in [1.29, 1.82) is 0 Å². The lowest BCUT2D eigenvalue weighted by atomic mass is 10.1. The Morgan fingerprint density at radius 3 is 3.13 bits per heavy atom. The first-order chi connectivity index (χ1) is 7.33. The molecule has 3 atom stereocenters. The van der Waals surface area contributed by atoms with Crippen LogP contribution in [0.4, 0.5) is 0 Å². The number of hydrogen-bond donors (Lipinski definition) is 1. The van der Waals surface area contributed by atoms with Crippen molar-refractivity contribution in [1.82, 2.24) is 10.2 Å². The molecule has 0 radical (unpaired) electrons. The second-order valence-electron chi connectivity index (χ2n) is 4.89. The second-order valence-corrected chi connectivity index (χ2v) is 4.89. The fraction of sp³-hybridized carbons (Fsp3) is 1.00. The zero-order chi connectivity index (χ0) is 10.7. The molecule has 0 amide bonds. The largest absolute Gasteiger partial charge is 0.375 e. The average Bonchev–Trinajstić information content (AvgIpc) is 2.73. The van der Waals surface area contributed by atoms with Gasteiger partial charge in [-0.3, -0.25) is 4.90 Å². The first kappa shape index (κ1) is 11.4. The van der Waals surface area contributed by atoms with Crippen LogP contribution in [-0.4, -0.2) is 49.8 Å². The van der Waals surface area contributed by atoms with E-state index >= 15 is 0 Å². The Labute approximate surface area is 93.2 Å². The van der Waals surface area contributed by atoms with E-state index in [9.17, 15) is 0 Å². The number of nitrogens with zero attached hydrogens (tertiary/aromatic N) is 1. The molecule has 1 saturated carbocycles. The molecule has 2 aliphatic rings. The molecule has 0 aromatic carbocycles. The van der Waals surface area contributed by atoms with E-state index in [1.54, 1.807) is 0 Å². The Kier molecular flexibility index (Phi) is 4.00. The van der Waals surface area contributed by atoms with Gasteiger partial charge in [-0.2, -0.15) is 0 Å². The monoisotopic (exact) mass is 212 g/mol. The highest BCUT2D eigenvalue weighted by Crippen LogP contribution is 2.31. The third kappa shape index (κ3) is 2.52. The molecule has 3 nitrogen and oxygen atoms in total. The zero-order valence-corrected chi connectivity index (χ0v) is 10.0. The summed E-state index contributed by atoms with van der Waals surface area (Å²) in [5.41, 5.74) is 0. The van der Waals surface area contributed by atoms with E-state index in [0.717, 1.165) is 19.7 Å². The van der Waals surface area contributed by atoms with E-state index < -0.39 is 0 Å². The summed E-state index contributed by atoms with van der Waals surface area (Å²) in [4.78, 5) is 2.68. The summed E-state index contributed by atoms with van der Waals surface area (Å²) in [7, 11) is 2.03. The van der Waals surface area contributed by atoms with Crippen LogP contribution in [0.3, 0.4) is 0 Å². The minimum Gasteiger partial charge on any atom is -0.375 e. The molecule has 0 spiro atoms. The summed E-state index contributed by atoms with van der Waals surface area (Å²) >= 11 is 0. The molecule has 0 aromatic rings. The predicted molar refractivity (Wildman–Crippen MR) is 62.1 cm³/mol. The van der Waals surface area contributed by atoms with Crippen LogP contribution in [0.1, 0.15) is 32.6 Å². The highest BCUT2D eigenvalue weighted by Gasteiger charge is 2.37. The molecule has 2 rings (SSSR count). The maximum absolute atomic E-state index is 5.83. The quantitative estimate of drug-likeness (QED) is 0.759. The van der Waals surface area contributed by atoms with Gasteiger partial charge in [-0.05, 0) is 46.2 Å². The van der Waals surface area contributed by atoms with E-state index in [1.807, 2.05) is 7.05 Å². The Morgan fingerprint density at radius 2 is 2.33 bits per heavy atom. The average molecular weight is 212 g/mol. The lowest BCUT2D eigenvalue weighted by molar-refractivity contribution is -0.0699. The van der Waals surface area contributed by atoms with E-state index in [-0.39, 0.29) is 0 Å². The van der Waals surface area contributed by atoms with E-state index in [1.165, 1.54) is 25.7 Å². The van der Waals surface area contributed by atoms with Gasteiger partial charge in [-0.25, -0.2) is 0 Å². The van der Waals surface area contributed by atoms with Crippen LogP contribution in [0.5, 0.6) is 0 Å². The molecule has 1 N–H and O–H groups in total.